The van der Waals surface area contributed by atoms with Crippen molar-refractivity contribution < 1.29 is 9.53 Å². The summed E-state index contributed by atoms with van der Waals surface area (Å²) in [6.07, 6.45) is 3.60. The molecule has 1 N–H and O–H groups in total. The number of nitrogens with zero attached hydrogens (tertiary/aromatic N) is 1. The van der Waals surface area contributed by atoms with Gasteiger partial charge in [-0.3, -0.25) is 0 Å². The number of aromatic nitrogens is 1. The minimum atomic E-state index is -0.302. The summed E-state index contributed by atoms with van der Waals surface area (Å²) in [5, 5.41) is 2.86. The van der Waals surface area contributed by atoms with Crippen molar-refractivity contribution in [3.05, 3.63) is 21.5 Å². The lowest BCUT2D eigenvalue weighted by Crippen LogP contribution is -2.40. The molecule has 0 saturated carbocycles. The van der Waals surface area contributed by atoms with Crippen molar-refractivity contribution >= 4 is 28.7 Å². The first-order chi connectivity index (χ1) is 7.50. The smallest absolute Gasteiger partial charge is 0.407 e. The average Bonchev–Trinajstić information content (AvgIpc) is 2.70. The van der Waals surface area contributed by atoms with Crippen LogP contribution < -0.4 is 5.32 Å². The Balaban J connectivity index is 2.00. The van der Waals surface area contributed by atoms with Gasteiger partial charge in [-0.2, -0.15) is 0 Å². The highest BCUT2D eigenvalue weighted by atomic mass is 127. The number of rotatable bonds is 3. The first-order valence-electron chi connectivity index (χ1n) is 5.25. The molecular weight excluding hydrogens is 319 g/mol. The lowest BCUT2D eigenvalue weighted by atomic mass is 9.97. The molecular formula is C11H15IN2O2. The third-order valence-corrected chi connectivity index (χ3v) is 3.97. The number of alkyl carbamates (subject to hydrolysis) is 1. The largest absolute Gasteiger partial charge is 0.447 e. The standard InChI is InChI=1S/C11H15IN2O2/c1-11(7-16-10(15)13-11)5-3-9-8(12)4-6-14(9)2/h4,6H,3,5,7H2,1-2H3,(H,13,15)/t11-/m1/s1. The van der Waals surface area contributed by atoms with Crippen molar-refractivity contribution in [1.82, 2.24) is 9.88 Å². The van der Waals surface area contributed by atoms with Crippen molar-refractivity contribution in [2.24, 2.45) is 7.05 Å². The summed E-state index contributed by atoms with van der Waals surface area (Å²) >= 11 is 2.34. The Labute approximate surface area is 108 Å². The van der Waals surface area contributed by atoms with Crippen LogP contribution in [0, 0.1) is 3.57 Å². The molecule has 0 aromatic carbocycles. The summed E-state index contributed by atoms with van der Waals surface area (Å²) in [6.45, 7) is 2.49. The van der Waals surface area contributed by atoms with Crippen LogP contribution in [0.25, 0.3) is 0 Å². The molecule has 1 aromatic rings. The Kier molecular flexibility index (Phi) is 3.14. The van der Waals surface area contributed by atoms with Gasteiger partial charge in [-0.15, -0.1) is 0 Å². The molecule has 2 rings (SSSR count). The summed E-state index contributed by atoms with van der Waals surface area (Å²) in [6, 6.07) is 2.10. The molecule has 5 heteroatoms. The molecule has 1 fully saturated rings. The molecule has 0 radical (unpaired) electrons. The summed E-state index contributed by atoms with van der Waals surface area (Å²) in [5.74, 6) is 0. The quantitative estimate of drug-likeness (QED) is 0.860. The zero-order valence-corrected chi connectivity index (χ0v) is 11.6. The van der Waals surface area contributed by atoms with Crippen LogP contribution in [0.5, 0.6) is 0 Å². The van der Waals surface area contributed by atoms with Gasteiger partial charge in [-0.05, 0) is 48.4 Å². The molecule has 16 heavy (non-hydrogen) atoms. The maximum absolute atomic E-state index is 11.0. The number of aryl methyl sites for hydroxylation is 1. The van der Waals surface area contributed by atoms with E-state index >= 15 is 0 Å². The number of amides is 1. The maximum atomic E-state index is 11.0. The van der Waals surface area contributed by atoms with Crippen LogP contribution >= 0.6 is 22.6 Å². The summed E-state index contributed by atoms with van der Waals surface area (Å²) in [5.41, 5.74) is 1.09. The van der Waals surface area contributed by atoms with Gasteiger partial charge in [0.25, 0.3) is 0 Å². The second-order valence-corrected chi connectivity index (χ2v) is 5.65. The topological polar surface area (TPSA) is 43.3 Å². The number of hydrogen-bond acceptors (Lipinski definition) is 2. The van der Waals surface area contributed by atoms with Crippen molar-refractivity contribution in [3.63, 3.8) is 0 Å². The first-order valence-corrected chi connectivity index (χ1v) is 6.33. The minimum absolute atomic E-state index is 0.218. The van der Waals surface area contributed by atoms with E-state index in [2.05, 4.69) is 44.7 Å². The van der Waals surface area contributed by atoms with Crippen LogP contribution in [0.4, 0.5) is 4.79 Å². The highest BCUT2D eigenvalue weighted by Crippen LogP contribution is 2.22. The van der Waals surface area contributed by atoms with E-state index in [0.717, 1.165) is 12.8 Å². The van der Waals surface area contributed by atoms with Crippen LogP contribution in [-0.4, -0.2) is 22.8 Å². The SMILES string of the molecule is Cn1ccc(I)c1CC[C@]1(C)COC(=O)N1. The van der Waals surface area contributed by atoms with Crippen molar-refractivity contribution in [3.8, 4) is 0 Å². The van der Waals surface area contributed by atoms with Crippen molar-refractivity contribution in [1.29, 1.82) is 0 Å². The first kappa shape index (κ1) is 11.8. The Morgan fingerprint density at radius 3 is 2.94 bits per heavy atom. The third-order valence-electron chi connectivity index (χ3n) is 2.99. The average molecular weight is 334 g/mol. The molecule has 1 aromatic heterocycles. The molecule has 4 nitrogen and oxygen atoms in total. The minimum Gasteiger partial charge on any atom is -0.447 e. The Morgan fingerprint density at radius 2 is 2.44 bits per heavy atom. The van der Waals surface area contributed by atoms with Crippen LogP contribution in [0.2, 0.25) is 0 Å². The predicted molar refractivity (Wildman–Crippen MR) is 69.3 cm³/mol. The van der Waals surface area contributed by atoms with Gasteiger partial charge in [0.15, 0.2) is 0 Å². The monoisotopic (exact) mass is 334 g/mol. The molecule has 1 aliphatic heterocycles. The van der Waals surface area contributed by atoms with Gasteiger partial charge in [0, 0.05) is 22.5 Å². The summed E-state index contributed by atoms with van der Waals surface area (Å²) in [7, 11) is 2.05. The summed E-state index contributed by atoms with van der Waals surface area (Å²) < 4.78 is 8.34. The zero-order valence-electron chi connectivity index (χ0n) is 9.42. The Morgan fingerprint density at radius 1 is 1.69 bits per heavy atom. The second kappa shape index (κ2) is 4.27. The molecule has 0 spiro atoms. The van der Waals surface area contributed by atoms with E-state index in [0.29, 0.717) is 6.61 Å². The Bertz CT molecular complexity index is 397. The lowest BCUT2D eigenvalue weighted by molar-refractivity contribution is 0.172. The number of hydrogen-bond donors (Lipinski definition) is 1. The van der Waals surface area contributed by atoms with E-state index < -0.39 is 0 Å². The van der Waals surface area contributed by atoms with Gasteiger partial charge >= 0.3 is 6.09 Å². The van der Waals surface area contributed by atoms with E-state index in [1.807, 2.05) is 14.0 Å². The van der Waals surface area contributed by atoms with Crippen molar-refractivity contribution in [2.75, 3.05) is 6.61 Å². The lowest BCUT2D eigenvalue weighted by Gasteiger charge is -2.20. The van der Waals surface area contributed by atoms with Gasteiger partial charge < -0.3 is 14.6 Å². The van der Waals surface area contributed by atoms with Gasteiger partial charge in [-0.25, -0.2) is 4.79 Å². The molecule has 0 aliphatic carbocycles. The fourth-order valence-corrected chi connectivity index (χ4v) is 2.71. The summed E-state index contributed by atoms with van der Waals surface area (Å²) in [4.78, 5) is 11.0. The Hall–Kier alpha value is -0.720. The highest BCUT2D eigenvalue weighted by molar-refractivity contribution is 14.1. The van der Waals surface area contributed by atoms with E-state index in [1.54, 1.807) is 0 Å². The fraction of sp³-hybridized carbons (Fsp3) is 0.545. The number of nitrogens with one attached hydrogen (secondary N) is 1. The van der Waals surface area contributed by atoms with E-state index in [9.17, 15) is 4.79 Å². The van der Waals surface area contributed by atoms with Gasteiger partial charge in [0.2, 0.25) is 0 Å². The van der Waals surface area contributed by atoms with Crippen LogP contribution in [-0.2, 0) is 18.2 Å². The molecule has 1 saturated heterocycles. The van der Waals surface area contributed by atoms with Gasteiger partial charge in [-0.1, -0.05) is 0 Å². The van der Waals surface area contributed by atoms with E-state index in [4.69, 9.17) is 4.74 Å². The van der Waals surface area contributed by atoms with Gasteiger partial charge in [0.05, 0.1) is 5.54 Å². The van der Waals surface area contributed by atoms with Crippen LogP contribution in [0.15, 0.2) is 12.3 Å². The highest BCUT2D eigenvalue weighted by Gasteiger charge is 2.34. The molecule has 88 valence electrons. The molecule has 1 aliphatic rings. The number of cyclic esters (lactones) is 1. The molecule has 0 bridgehead atoms. The normalized spacial score (nSPS) is 24.3. The number of carbonyl (C=O) groups is 1. The van der Waals surface area contributed by atoms with Gasteiger partial charge in [0.1, 0.15) is 6.61 Å². The predicted octanol–water partition coefficient (Wildman–Crippen LogP) is 2.06. The second-order valence-electron chi connectivity index (χ2n) is 4.48. The third kappa shape index (κ3) is 2.34. The fourth-order valence-electron chi connectivity index (χ4n) is 1.90. The zero-order chi connectivity index (χ0) is 11.8. The maximum Gasteiger partial charge on any atom is 0.407 e. The number of halogens is 1. The van der Waals surface area contributed by atoms with Crippen LogP contribution in [0.3, 0.4) is 0 Å². The number of carbonyl (C=O) groups excluding carboxylic acids is 1. The molecule has 1 amide bonds. The van der Waals surface area contributed by atoms with Crippen molar-refractivity contribution in [2.45, 2.75) is 25.3 Å². The van der Waals surface area contributed by atoms with E-state index in [-0.39, 0.29) is 11.6 Å². The van der Waals surface area contributed by atoms with Crippen LogP contribution in [0.1, 0.15) is 19.0 Å². The molecule has 2 heterocycles. The number of ether oxygens (including phenoxy) is 1. The molecule has 0 unspecified atom stereocenters. The van der Waals surface area contributed by atoms with E-state index in [1.165, 1.54) is 9.26 Å². The molecule has 1 atom stereocenters.